The van der Waals surface area contributed by atoms with Gasteiger partial charge < -0.3 is 5.73 Å². The lowest BCUT2D eigenvalue weighted by Crippen LogP contribution is -2.07. The summed E-state index contributed by atoms with van der Waals surface area (Å²) >= 11 is 1.86. The molecule has 0 saturated heterocycles. The molecule has 13 heavy (non-hydrogen) atoms. The first-order valence-electron chi connectivity index (χ1n) is 3.70. The Labute approximate surface area is 88.7 Å². The molecule has 0 aliphatic heterocycles. The fourth-order valence-corrected chi connectivity index (χ4v) is 2.06. The van der Waals surface area contributed by atoms with Crippen LogP contribution in [0.25, 0.3) is 0 Å². The van der Waals surface area contributed by atoms with Crippen LogP contribution in [-0.2, 0) is 6.54 Å². The zero-order valence-corrected chi connectivity index (χ0v) is 9.18. The Morgan fingerprint density at radius 1 is 1.62 bits per heavy atom. The first-order valence-corrected chi connectivity index (χ1v) is 4.78. The summed E-state index contributed by atoms with van der Waals surface area (Å²) in [4.78, 5) is 3.97. The van der Waals surface area contributed by atoms with E-state index in [0.717, 1.165) is 0 Å². The molecule has 0 saturated carbocycles. The van der Waals surface area contributed by atoms with Gasteiger partial charge >= 0.3 is 0 Å². The number of alkyl halides is 2. The number of aryl methyl sites for hydroxylation is 1. The molecule has 2 nitrogen and oxygen atoms in total. The number of aromatic nitrogens is 1. The second-order valence-electron chi connectivity index (χ2n) is 2.62. The van der Waals surface area contributed by atoms with Gasteiger partial charge in [0.1, 0.15) is 0 Å². The highest BCUT2D eigenvalue weighted by Gasteiger charge is 2.17. The summed E-state index contributed by atoms with van der Waals surface area (Å²) in [5.74, 6) is 0. The molecular weight excluding hydrogens is 289 g/mol. The highest BCUT2D eigenvalue weighted by Crippen LogP contribution is 2.28. The van der Waals surface area contributed by atoms with Crippen molar-refractivity contribution in [3.05, 3.63) is 26.6 Å². The van der Waals surface area contributed by atoms with E-state index in [2.05, 4.69) is 4.98 Å². The molecule has 0 bridgehead atoms. The molecule has 0 spiro atoms. The Bertz CT molecular complexity index is 315. The van der Waals surface area contributed by atoms with Crippen LogP contribution >= 0.6 is 22.6 Å². The van der Waals surface area contributed by atoms with Crippen molar-refractivity contribution >= 4 is 22.6 Å². The van der Waals surface area contributed by atoms with Gasteiger partial charge in [-0.3, -0.25) is 4.98 Å². The lowest BCUT2D eigenvalue weighted by molar-refractivity contribution is 0.149. The second-order valence-corrected chi connectivity index (χ2v) is 3.70. The molecule has 5 heteroatoms. The number of hydrogen-bond acceptors (Lipinski definition) is 2. The molecule has 0 atom stereocenters. The first-order chi connectivity index (χ1) is 6.07. The Balaban J connectivity index is 3.30. The SMILES string of the molecule is Cc1cnc(CN)c(I)c1C(F)F. The highest BCUT2D eigenvalue weighted by molar-refractivity contribution is 14.1. The number of halogens is 3. The van der Waals surface area contributed by atoms with Crippen molar-refractivity contribution in [2.45, 2.75) is 19.9 Å². The monoisotopic (exact) mass is 298 g/mol. The van der Waals surface area contributed by atoms with Crippen molar-refractivity contribution < 1.29 is 8.78 Å². The zero-order chi connectivity index (χ0) is 10.0. The van der Waals surface area contributed by atoms with Crippen molar-refractivity contribution in [2.24, 2.45) is 5.73 Å². The fraction of sp³-hybridized carbons (Fsp3) is 0.375. The maximum absolute atomic E-state index is 12.5. The van der Waals surface area contributed by atoms with Gasteiger partial charge in [-0.25, -0.2) is 8.78 Å². The molecule has 1 aromatic rings. The quantitative estimate of drug-likeness (QED) is 0.852. The Morgan fingerprint density at radius 2 is 2.23 bits per heavy atom. The third-order valence-corrected chi connectivity index (χ3v) is 2.94. The Morgan fingerprint density at radius 3 is 2.69 bits per heavy atom. The third kappa shape index (κ3) is 2.14. The Kier molecular flexibility index (Phi) is 3.55. The number of nitrogens with two attached hydrogens (primary N) is 1. The third-order valence-electron chi connectivity index (χ3n) is 1.74. The molecule has 0 aromatic carbocycles. The van der Waals surface area contributed by atoms with E-state index in [1.165, 1.54) is 6.20 Å². The van der Waals surface area contributed by atoms with Crippen molar-refractivity contribution in [3.8, 4) is 0 Å². The molecular formula is C8H9F2IN2. The number of rotatable bonds is 2. The van der Waals surface area contributed by atoms with Crippen LogP contribution in [0.3, 0.4) is 0 Å². The summed E-state index contributed by atoms with van der Waals surface area (Å²) in [6, 6.07) is 0. The van der Waals surface area contributed by atoms with E-state index < -0.39 is 6.43 Å². The molecule has 72 valence electrons. The van der Waals surface area contributed by atoms with Crippen LogP contribution in [0.15, 0.2) is 6.20 Å². The summed E-state index contributed by atoms with van der Waals surface area (Å²) in [5.41, 5.74) is 6.45. The lowest BCUT2D eigenvalue weighted by Gasteiger charge is -2.09. The van der Waals surface area contributed by atoms with Crippen LogP contribution in [0.4, 0.5) is 8.78 Å². The largest absolute Gasteiger partial charge is 0.325 e. The van der Waals surface area contributed by atoms with Gasteiger partial charge in [-0.15, -0.1) is 0 Å². The van der Waals surface area contributed by atoms with Gasteiger partial charge in [0.25, 0.3) is 6.43 Å². The lowest BCUT2D eigenvalue weighted by atomic mass is 10.1. The van der Waals surface area contributed by atoms with E-state index in [1.807, 2.05) is 22.6 Å². The van der Waals surface area contributed by atoms with Crippen LogP contribution in [0, 0.1) is 10.5 Å². The smallest absolute Gasteiger partial charge is 0.265 e. The van der Waals surface area contributed by atoms with Gasteiger partial charge in [-0.05, 0) is 35.1 Å². The van der Waals surface area contributed by atoms with Gasteiger partial charge in [0.15, 0.2) is 0 Å². The summed E-state index contributed by atoms with van der Waals surface area (Å²) < 4.78 is 25.5. The van der Waals surface area contributed by atoms with E-state index in [-0.39, 0.29) is 12.1 Å². The van der Waals surface area contributed by atoms with Crippen molar-refractivity contribution in [1.29, 1.82) is 0 Å². The highest BCUT2D eigenvalue weighted by atomic mass is 127. The van der Waals surface area contributed by atoms with Crippen molar-refractivity contribution in [3.63, 3.8) is 0 Å². The summed E-state index contributed by atoms with van der Waals surface area (Å²) in [7, 11) is 0. The van der Waals surface area contributed by atoms with Gasteiger partial charge in [-0.1, -0.05) is 0 Å². The van der Waals surface area contributed by atoms with Gasteiger partial charge in [0.2, 0.25) is 0 Å². The minimum absolute atomic E-state index is 0.0519. The molecule has 1 aromatic heterocycles. The summed E-state index contributed by atoms with van der Waals surface area (Å²) in [5, 5.41) is 0. The number of nitrogens with zero attached hydrogens (tertiary/aromatic N) is 1. The fourth-order valence-electron chi connectivity index (χ4n) is 1.04. The molecule has 0 amide bonds. The van der Waals surface area contributed by atoms with E-state index in [1.54, 1.807) is 6.92 Å². The number of pyridine rings is 1. The molecule has 0 aliphatic rings. The van der Waals surface area contributed by atoms with Crippen LogP contribution in [0.2, 0.25) is 0 Å². The van der Waals surface area contributed by atoms with Gasteiger partial charge in [-0.2, -0.15) is 0 Å². The van der Waals surface area contributed by atoms with Crippen molar-refractivity contribution in [1.82, 2.24) is 4.98 Å². The normalized spacial score (nSPS) is 10.9. The summed E-state index contributed by atoms with van der Waals surface area (Å²) in [6.07, 6.45) is -1.02. The van der Waals surface area contributed by atoms with Gasteiger partial charge in [0, 0.05) is 21.9 Å². The standard InChI is InChI=1S/C8H9F2IN2/c1-4-3-13-5(2-12)7(11)6(4)8(9)10/h3,8H,2,12H2,1H3. The van der Waals surface area contributed by atoms with Crippen molar-refractivity contribution in [2.75, 3.05) is 0 Å². The first kappa shape index (κ1) is 10.8. The zero-order valence-electron chi connectivity index (χ0n) is 7.02. The second kappa shape index (κ2) is 4.28. The summed E-state index contributed by atoms with van der Waals surface area (Å²) in [6.45, 7) is 1.81. The van der Waals surface area contributed by atoms with Crippen LogP contribution in [0.1, 0.15) is 23.2 Å². The van der Waals surface area contributed by atoms with Crippen LogP contribution in [0.5, 0.6) is 0 Å². The maximum Gasteiger partial charge on any atom is 0.265 e. The molecule has 0 aliphatic carbocycles. The molecule has 1 heterocycles. The minimum atomic E-state index is -2.46. The average Bonchev–Trinajstić information content (AvgIpc) is 2.04. The topological polar surface area (TPSA) is 38.9 Å². The van der Waals surface area contributed by atoms with Crippen LogP contribution < -0.4 is 5.73 Å². The molecule has 0 radical (unpaired) electrons. The number of hydrogen-bond donors (Lipinski definition) is 1. The van der Waals surface area contributed by atoms with E-state index in [4.69, 9.17) is 5.73 Å². The average molecular weight is 298 g/mol. The molecule has 0 fully saturated rings. The van der Waals surface area contributed by atoms with Gasteiger partial charge in [0.05, 0.1) is 5.69 Å². The van der Waals surface area contributed by atoms with Crippen LogP contribution in [-0.4, -0.2) is 4.98 Å². The Hall–Kier alpha value is -0.300. The maximum atomic E-state index is 12.5. The van der Waals surface area contributed by atoms with E-state index in [0.29, 0.717) is 14.8 Å². The predicted octanol–water partition coefficient (Wildman–Crippen LogP) is 2.39. The van der Waals surface area contributed by atoms with E-state index >= 15 is 0 Å². The molecule has 1 rings (SSSR count). The molecule has 2 N–H and O–H groups in total. The predicted molar refractivity (Wildman–Crippen MR) is 54.5 cm³/mol. The molecule has 0 unspecified atom stereocenters. The minimum Gasteiger partial charge on any atom is -0.325 e. The van der Waals surface area contributed by atoms with E-state index in [9.17, 15) is 8.78 Å².